The SMILES string of the molecule is CCCCn1c(N)c(N(CCOC)C(=O)CN2CCC[C@@H](C)C2)c(=O)[nH]c1=O. The number of hydrogen-bond donors (Lipinski definition) is 2. The zero-order chi connectivity index (χ0) is 20.7. The van der Waals surface area contributed by atoms with Crippen LogP contribution in [0.5, 0.6) is 0 Å². The number of carbonyl (C=O) groups excluding carboxylic acids is 1. The fourth-order valence-electron chi connectivity index (χ4n) is 3.63. The van der Waals surface area contributed by atoms with Crippen molar-refractivity contribution >= 4 is 17.4 Å². The van der Waals surface area contributed by atoms with Gasteiger partial charge in [0, 0.05) is 26.7 Å². The van der Waals surface area contributed by atoms with E-state index in [1.807, 2.05) is 6.92 Å². The van der Waals surface area contributed by atoms with Crippen LogP contribution in [-0.4, -0.2) is 60.3 Å². The highest BCUT2D eigenvalue weighted by Gasteiger charge is 2.27. The largest absolute Gasteiger partial charge is 0.383 e. The Bertz CT molecular complexity index is 773. The molecule has 1 aliphatic heterocycles. The summed E-state index contributed by atoms with van der Waals surface area (Å²) in [6.07, 6.45) is 3.83. The van der Waals surface area contributed by atoms with Gasteiger partial charge in [-0.15, -0.1) is 0 Å². The first-order chi connectivity index (χ1) is 13.4. The summed E-state index contributed by atoms with van der Waals surface area (Å²) < 4.78 is 6.45. The van der Waals surface area contributed by atoms with Gasteiger partial charge in [-0.3, -0.25) is 24.0 Å². The van der Waals surface area contributed by atoms with Crippen LogP contribution in [0.25, 0.3) is 0 Å². The molecular formula is C19H33N5O4. The van der Waals surface area contributed by atoms with E-state index in [2.05, 4.69) is 16.8 Å². The van der Waals surface area contributed by atoms with Gasteiger partial charge < -0.3 is 15.4 Å². The van der Waals surface area contributed by atoms with Gasteiger partial charge in [-0.1, -0.05) is 20.3 Å². The second kappa shape index (κ2) is 10.4. The van der Waals surface area contributed by atoms with Crippen molar-refractivity contribution in [2.45, 2.75) is 46.1 Å². The number of piperidine rings is 1. The first-order valence-electron chi connectivity index (χ1n) is 10.0. The number of H-pyrrole nitrogens is 1. The quantitative estimate of drug-likeness (QED) is 0.634. The maximum atomic E-state index is 13.1. The number of aromatic nitrogens is 2. The van der Waals surface area contributed by atoms with Crippen molar-refractivity contribution in [3.8, 4) is 0 Å². The zero-order valence-electron chi connectivity index (χ0n) is 17.2. The molecule has 0 bridgehead atoms. The topological polar surface area (TPSA) is 114 Å². The summed E-state index contributed by atoms with van der Waals surface area (Å²) in [7, 11) is 1.53. The van der Waals surface area contributed by atoms with Gasteiger partial charge in [0.25, 0.3) is 5.56 Å². The van der Waals surface area contributed by atoms with Crippen LogP contribution in [0.4, 0.5) is 11.5 Å². The zero-order valence-corrected chi connectivity index (χ0v) is 17.2. The minimum Gasteiger partial charge on any atom is -0.383 e. The summed E-state index contributed by atoms with van der Waals surface area (Å²) in [5, 5.41) is 0. The smallest absolute Gasteiger partial charge is 0.330 e. The van der Waals surface area contributed by atoms with Crippen molar-refractivity contribution in [1.29, 1.82) is 0 Å². The van der Waals surface area contributed by atoms with Gasteiger partial charge in [-0.2, -0.15) is 0 Å². The normalized spacial score (nSPS) is 17.6. The number of ether oxygens (including phenoxy) is 1. The Morgan fingerprint density at radius 3 is 2.79 bits per heavy atom. The predicted molar refractivity (Wildman–Crippen MR) is 110 cm³/mol. The number of anilines is 2. The summed E-state index contributed by atoms with van der Waals surface area (Å²) >= 11 is 0. The molecule has 1 fully saturated rings. The van der Waals surface area contributed by atoms with Crippen LogP contribution in [0.2, 0.25) is 0 Å². The molecule has 1 amide bonds. The fourth-order valence-corrected chi connectivity index (χ4v) is 3.63. The third-order valence-corrected chi connectivity index (χ3v) is 5.14. The molecule has 9 nitrogen and oxygen atoms in total. The molecule has 0 aliphatic carbocycles. The summed E-state index contributed by atoms with van der Waals surface area (Å²) in [5.74, 6) is 0.348. The Hall–Kier alpha value is -2.13. The number of unbranched alkanes of at least 4 members (excludes halogenated alkanes) is 1. The van der Waals surface area contributed by atoms with E-state index in [1.54, 1.807) is 0 Å². The Kier molecular flexibility index (Phi) is 8.25. The van der Waals surface area contributed by atoms with Crippen molar-refractivity contribution in [1.82, 2.24) is 14.5 Å². The Morgan fingerprint density at radius 2 is 2.14 bits per heavy atom. The Balaban J connectivity index is 2.34. The summed E-state index contributed by atoms with van der Waals surface area (Å²) in [6, 6.07) is 0. The lowest BCUT2D eigenvalue weighted by molar-refractivity contribution is -0.120. The van der Waals surface area contributed by atoms with Gasteiger partial charge in [0.15, 0.2) is 5.69 Å². The van der Waals surface area contributed by atoms with E-state index in [0.717, 1.165) is 38.8 Å². The summed E-state index contributed by atoms with van der Waals surface area (Å²) in [5.41, 5.74) is 5.02. The van der Waals surface area contributed by atoms with E-state index in [1.165, 1.54) is 16.6 Å². The predicted octanol–water partition coefficient (Wildman–Crippen LogP) is 0.630. The summed E-state index contributed by atoms with van der Waals surface area (Å²) in [4.78, 5) is 43.6. The van der Waals surface area contributed by atoms with Crippen LogP contribution in [0.3, 0.4) is 0 Å². The molecular weight excluding hydrogens is 362 g/mol. The van der Waals surface area contributed by atoms with Gasteiger partial charge in [0.05, 0.1) is 13.2 Å². The fraction of sp³-hybridized carbons (Fsp3) is 0.737. The van der Waals surface area contributed by atoms with Crippen LogP contribution in [0, 0.1) is 5.92 Å². The monoisotopic (exact) mass is 395 g/mol. The number of nitrogen functional groups attached to an aromatic ring is 1. The lowest BCUT2D eigenvalue weighted by atomic mass is 10.0. The number of likely N-dealkylation sites (tertiary alicyclic amines) is 1. The lowest BCUT2D eigenvalue weighted by Gasteiger charge is -2.32. The van der Waals surface area contributed by atoms with E-state index in [0.29, 0.717) is 12.5 Å². The molecule has 0 spiro atoms. The third kappa shape index (κ3) is 5.45. The Morgan fingerprint density at radius 1 is 1.39 bits per heavy atom. The van der Waals surface area contributed by atoms with Crippen molar-refractivity contribution in [2.75, 3.05) is 50.5 Å². The van der Waals surface area contributed by atoms with Gasteiger partial charge >= 0.3 is 5.69 Å². The second-order valence-corrected chi connectivity index (χ2v) is 7.52. The number of nitrogens with zero attached hydrogens (tertiary/aromatic N) is 3. The maximum Gasteiger partial charge on any atom is 0.330 e. The molecule has 2 rings (SSSR count). The van der Waals surface area contributed by atoms with Gasteiger partial charge in [0.1, 0.15) is 5.82 Å². The molecule has 0 radical (unpaired) electrons. The standard InChI is InChI=1S/C19H33N5O4/c1-4-5-9-24-17(20)16(18(26)21-19(24)27)23(10-11-28-3)15(25)13-22-8-6-7-14(2)12-22/h14H,4-13,20H2,1-3H3,(H,21,26,27)/t14-/m1/s1. The molecule has 1 aliphatic rings. The third-order valence-electron chi connectivity index (χ3n) is 5.14. The molecule has 28 heavy (non-hydrogen) atoms. The number of nitrogens with two attached hydrogens (primary N) is 1. The van der Waals surface area contributed by atoms with E-state index in [-0.39, 0.29) is 37.1 Å². The molecule has 2 heterocycles. The molecule has 1 aromatic heterocycles. The number of amides is 1. The number of aromatic amines is 1. The molecule has 1 atom stereocenters. The highest BCUT2D eigenvalue weighted by Crippen LogP contribution is 2.19. The minimum atomic E-state index is -0.647. The second-order valence-electron chi connectivity index (χ2n) is 7.52. The van der Waals surface area contributed by atoms with Gasteiger partial charge in [-0.25, -0.2) is 4.79 Å². The summed E-state index contributed by atoms with van der Waals surface area (Å²) in [6.45, 7) is 6.93. The lowest BCUT2D eigenvalue weighted by Crippen LogP contribution is -2.48. The van der Waals surface area contributed by atoms with Crippen LogP contribution in [-0.2, 0) is 16.1 Å². The number of carbonyl (C=O) groups is 1. The van der Waals surface area contributed by atoms with E-state index >= 15 is 0 Å². The number of rotatable bonds is 9. The van der Waals surface area contributed by atoms with E-state index in [4.69, 9.17) is 10.5 Å². The van der Waals surface area contributed by atoms with Gasteiger partial charge in [0.2, 0.25) is 5.91 Å². The Labute approximate surface area is 165 Å². The van der Waals surface area contributed by atoms with Crippen LogP contribution in [0.1, 0.15) is 39.5 Å². The molecule has 0 aromatic carbocycles. The van der Waals surface area contributed by atoms with Crippen molar-refractivity contribution in [3.63, 3.8) is 0 Å². The van der Waals surface area contributed by atoms with Crippen molar-refractivity contribution in [3.05, 3.63) is 20.8 Å². The van der Waals surface area contributed by atoms with Crippen LogP contribution < -0.4 is 21.9 Å². The number of nitrogens with one attached hydrogen (secondary N) is 1. The molecule has 3 N–H and O–H groups in total. The molecule has 1 saturated heterocycles. The maximum absolute atomic E-state index is 13.1. The first-order valence-corrected chi connectivity index (χ1v) is 10.0. The average Bonchev–Trinajstić information content (AvgIpc) is 2.64. The van der Waals surface area contributed by atoms with Crippen molar-refractivity contribution in [2.24, 2.45) is 5.92 Å². The molecule has 0 unspecified atom stereocenters. The number of methoxy groups -OCH3 is 1. The molecule has 0 saturated carbocycles. The molecule has 1 aromatic rings. The highest BCUT2D eigenvalue weighted by atomic mass is 16.5. The van der Waals surface area contributed by atoms with E-state index < -0.39 is 11.2 Å². The minimum absolute atomic E-state index is 0.0265. The number of hydrogen-bond acceptors (Lipinski definition) is 6. The van der Waals surface area contributed by atoms with Crippen LogP contribution in [0.15, 0.2) is 9.59 Å². The molecule has 158 valence electrons. The van der Waals surface area contributed by atoms with Gasteiger partial charge in [-0.05, 0) is 31.7 Å². The molecule has 9 heteroatoms. The van der Waals surface area contributed by atoms with E-state index in [9.17, 15) is 14.4 Å². The highest BCUT2D eigenvalue weighted by molar-refractivity contribution is 5.96. The average molecular weight is 396 g/mol. The van der Waals surface area contributed by atoms with Crippen LogP contribution >= 0.6 is 0 Å². The first kappa shape index (κ1) is 22.2. The van der Waals surface area contributed by atoms with Crippen molar-refractivity contribution < 1.29 is 9.53 Å².